The Bertz CT molecular complexity index is 887. The molecule has 0 bridgehead atoms. The van der Waals surface area contributed by atoms with Crippen molar-refractivity contribution in [2.45, 2.75) is 37.5 Å². The number of piperidine rings is 1. The molecule has 26 heavy (non-hydrogen) atoms. The zero-order valence-electron chi connectivity index (χ0n) is 14.6. The van der Waals surface area contributed by atoms with Gasteiger partial charge in [0.25, 0.3) is 0 Å². The van der Waals surface area contributed by atoms with Crippen LogP contribution in [0.3, 0.4) is 0 Å². The standard InChI is InChI=1S/C20H22N4O2/c21-18-13-4-1-2-7-17(13)26-20(18)8-10-24(11-9-20)19-16(12-25)22-14-5-3-6-15(14)23-19/h1-5,7,18,25H,6,8-12,21H2/t18-/m1/s1. The molecule has 1 aromatic carbocycles. The van der Waals surface area contributed by atoms with Crippen LogP contribution in [0.1, 0.15) is 41.5 Å². The third-order valence-electron chi connectivity index (χ3n) is 5.83. The van der Waals surface area contributed by atoms with Crippen molar-refractivity contribution in [3.63, 3.8) is 0 Å². The van der Waals surface area contributed by atoms with Crippen LogP contribution in [0.15, 0.2) is 30.3 Å². The monoisotopic (exact) mass is 350 g/mol. The summed E-state index contributed by atoms with van der Waals surface area (Å²) in [6, 6.07) is 7.95. The molecule has 3 aliphatic rings. The molecule has 3 N–H and O–H groups in total. The maximum Gasteiger partial charge on any atom is 0.153 e. The van der Waals surface area contributed by atoms with E-state index < -0.39 is 0 Å². The number of fused-ring (bicyclic) bond motifs is 2. The fourth-order valence-corrected chi connectivity index (χ4v) is 4.34. The molecule has 1 saturated heterocycles. The first kappa shape index (κ1) is 15.8. The summed E-state index contributed by atoms with van der Waals surface area (Å²) in [5.74, 6) is 1.71. The van der Waals surface area contributed by atoms with Crippen molar-refractivity contribution in [1.29, 1.82) is 0 Å². The molecule has 0 unspecified atom stereocenters. The maximum absolute atomic E-state index is 9.75. The van der Waals surface area contributed by atoms with E-state index in [9.17, 15) is 5.11 Å². The van der Waals surface area contributed by atoms with Crippen molar-refractivity contribution in [1.82, 2.24) is 9.97 Å². The van der Waals surface area contributed by atoms with E-state index in [0.29, 0.717) is 5.69 Å². The summed E-state index contributed by atoms with van der Waals surface area (Å²) in [5, 5.41) is 9.75. The van der Waals surface area contributed by atoms with Crippen LogP contribution in [0.25, 0.3) is 6.08 Å². The number of nitrogens with zero attached hydrogens (tertiary/aromatic N) is 3. The van der Waals surface area contributed by atoms with E-state index in [0.717, 1.165) is 60.9 Å². The van der Waals surface area contributed by atoms with Crippen LogP contribution in [0, 0.1) is 0 Å². The summed E-state index contributed by atoms with van der Waals surface area (Å²) in [6.45, 7) is 1.47. The molecule has 2 aromatic rings. The Labute approximate surface area is 152 Å². The second-order valence-electron chi connectivity index (χ2n) is 7.26. The summed E-state index contributed by atoms with van der Waals surface area (Å²) in [6.07, 6.45) is 6.49. The zero-order valence-corrected chi connectivity index (χ0v) is 14.6. The van der Waals surface area contributed by atoms with Gasteiger partial charge in [0.15, 0.2) is 5.82 Å². The quantitative estimate of drug-likeness (QED) is 0.861. The van der Waals surface area contributed by atoms with E-state index >= 15 is 0 Å². The highest BCUT2D eigenvalue weighted by Crippen LogP contribution is 2.47. The number of aliphatic hydroxyl groups excluding tert-OH is 1. The zero-order chi connectivity index (χ0) is 17.7. The second-order valence-corrected chi connectivity index (χ2v) is 7.26. The van der Waals surface area contributed by atoms with E-state index in [-0.39, 0.29) is 18.2 Å². The van der Waals surface area contributed by atoms with Gasteiger partial charge < -0.3 is 20.5 Å². The molecule has 1 atom stereocenters. The molecule has 0 amide bonds. The highest BCUT2D eigenvalue weighted by Gasteiger charge is 2.48. The highest BCUT2D eigenvalue weighted by atomic mass is 16.5. The minimum Gasteiger partial charge on any atom is -0.485 e. The molecule has 2 aliphatic heterocycles. The average Bonchev–Trinajstić information content (AvgIpc) is 3.24. The van der Waals surface area contributed by atoms with Crippen molar-refractivity contribution in [2.75, 3.05) is 18.0 Å². The third-order valence-corrected chi connectivity index (χ3v) is 5.83. The number of para-hydroxylation sites is 1. The predicted octanol–water partition coefficient (Wildman–Crippen LogP) is 1.97. The summed E-state index contributed by atoms with van der Waals surface area (Å²) >= 11 is 0. The lowest BCUT2D eigenvalue weighted by molar-refractivity contribution is 0.0430. The molecule has 3 heterocycles. The number of hydrogen-bond donors (Lipinski definition) is 2. The molecule has 0 saturated carbocycles. The van der Waals surface area contributed by atoms with E-state index in [2.05, 4.69) is 22.0 Å². The van der Waals surface area contributed by atoms with Crippen molar-refractivity contribution in [2.24, 2.45) is 5.73 Å². The van der Waals surface area contributed by atoms with Gasteiger partial charge in [0.05, 0.1) is 24.0 Å². The second kappa shape index (κ2) is 5.79. The predicted molar refractivity (Wildman–Crippen MR) is 98.9 cm³/mol. The van der Waals surface area contributed by atoms with Gasteiger partial charge in [-0.1, -0.05) is 24.3 Å². The summed E-state index contributed by atoms with van der Waals surface area (Å²) < 4.78 is 6.32. The van der Waals surface area contributed by atoms with Crippen LogP contribution in [0.4, 0.5) is 5.82 Å². The fraction of sp³-hybridized carbons (Fsp3) is 0.400. The Balaban J connectivity index is 1.39. The van der Waals surface area contributed by atoms with Gasteiger partial charge in [0.1, 0.15) is 17.0 Å². The van der Waals surface area contributed by atoms with Crippen LogP contribution >= 0.6 is 0 Å². The van der Waals surface area contributed by atoms with Gasteiger partial charge in [-0.25, -0.2) is 9.97 Å². The molecule has 1 fully saturated rings. The van der Waals surface area contributed by atoms with Gasteiger partial charge in [0.2, 0.25) is 0 Å². The molecule has 5 rings (SSSR count). The van der Waals surface area contributed by atoms with E-state index in [4.69, 9.17) is 15.5 Å². The molecule has 1 aliphatic carbocycles. The topological polar surface area (TPSA) is 84.5 Å². The van der Waals surface area contributed by atoms with Crippen LogP contribution in [-0.4, -0.2) is 33.8 Å². The van der Waals surface area contributed by atoms with Crippen LogP contribution in [0.2, 0.25) is 0 Å². The lowest BCUT2D eigenvalue weighted by atomic mass is 9.83. The number of ether oxygens (including phenoxy) is 1. The molecule has 6 nitrogen and oxygen atoms in total. The first-order chi connectivity index (χ1) is 12.7. The van der Waals surface area contributed by atoms with Crippen LogP contribution in [0.5, 0.6) is 5.75 Å². The van der Waals surface area contributed by atoms with Crippen molar-refractivity contribution in [3.8, 4) is 5.75 Å². The fourth-order valence-electron chi connectivity index (χ4n) is 4.34. The third kappa shape index (κ3) is 2.26. The molecule has 0 radical (unpaired) electrons. The smallest absolute Gasteiger partial charge is 0.153 e. The van der Waals surface area contributed by atoms with Gasteiger partial charge in [-0.05, 0) is 12.1 Å². The SMILES string of the molecule is N[C@@H]1c2ccccc2OC12CCN(c1nc3c(nc1CO)C=CC3)CC2. The Morgan fingerprint density at radius 3 is 2.81 bits per heavy atom. The Hall–Kier alpha value is -2.44. The maximum atomic E-state index is 9.75. The molecular weight excluding hydrogens is 328 g/mol. The Kier molecular flexibility index (Phi) is 3.52. The minimum absolute atomic E-state index is 0.103. The van der Waals surface area contributed by atoms with Crippen molar-refractivity contribution < 1.29 is 9.84 Å². The number of benzene rings is 1. The molecular formula is C20H22N4O2. The lowest BCUT2D eigenvalue weighted by Gasteiger charge is -2.41. The number of rotatable bonds is 2. The lowest BCUT2D eigenvalue weighted by Crippen LogP contribution is -2.51. The van der Waals surface area contributed by atoms with Gasteiger partial charge in [-0.3, -0.25) is 0 Å². The minimum atomic E-state index is -0.342. The van der Waals surface area contributed by atoms with Crippen LogP contribution < -0.4 is 15.4 Å². The average molecular weight is 350 g/mol. The number of allylic oxidation sites excluding steroid dienone is 1. The number of hydrogen-bond acceptors (Lipinski definition) is 6. The van der Waals surface area contributed by atoms with E-state index in [1.165, 1.54) is 0 Å². The van der Waals surface area contributed by atoms with Crippen molar-refractivity contribution >= 4 is 11.9 Å². The number of anilines is 1. The number of aromatic nitrogens is 2. The Morgan fingerprint density at radius 1 is 1.23 bits per heavy atom. The van der Waals surface area contributed by atoms with E-state index in [1.807, 2.05) is 24.3 Å². The van der Waals surface area contributed by atoms with Gasteiger partial charge >= 0.3 is 0 Å². The van der Waals surface area contributed by atoms with Gasteiger partial charge in [-0.2, -0.15) is 0 Å². The van der Waals surface area contributed by atoms with E-state index in [1.54, 1.807) is 0 Å². The van der Waals surface area contributed by atoms with Gasteiger partial charge in [0, 0.05) is 37.9 Å². The van der Waals surface area contributed by atoms with Crippen molar-refractivity contribution in [3.05, 3.63) is 53.0 Å². The Morgan fingerprint density at radius 2 is 2.04 bits per heavy atom. The molecule has 6 heteroatoms. The summed E-state index contributed by atoms with van der Waals surface area (Å²) in [7, 11) is 0. The molecule has 1 spiro atoms. The number of aliphatic hydroxyl groups is 1. The molecule has 134 valence electrons. The summed E-state index contributed by atoms with van der Waals surface area (Å²) in [4.78, 5) is 11.6. The highest BCUT2D eigenvalue weighted by molar-refractivity contribution is 5.58. The molecule has 1 aromatic heterocycles. The van der Waals surface area contributed by atoms with Gasteiger partial charge in [-0.15, -0.1) is 0 Å². The summed E-state index contributed by atoms with van der Waals surface area (Å²) in [5.41, 5.74) is 9.81. The van der Waals surface area contributed by atoms with Crippen LogP contribution in [-0.2, 0) is 13.0 Å². The first-order valence-corrected chi connectivity index (χ1v) is 9.16. The number of nitrogens with two attached hydrogens (primary N) is 1. The first-order valence-electron chi connectivity index (χ1n) is 9.16. The largest absolute Gasteiger partial charge is 0.485 e. The normalized spacial score (nSPS) is 22.4.